The molecule has 1 aromatic carbocycles. The molecule has 3 aliphatic rings. The molecule has 1 fully saturated rings. The molecule has 2 heterocycles. The number of ether oxygens (including phenoxy) is 4. The van der Waals surface area contributed by atoms with E-state index in [1.165, 1.54) is 0 Å². The average molecular weight is 356 g/mol. The number of allylic oxidation sites excluding steroid dienone is 2. The lowest BCUT2D eigenvalue weighted by atomic mass is 9.65. The maximum atomic E-state index is 12.3. The number of fused-ring (bicyclic) bond motifs is 2. The van der Waals surface area contributed by atoms with Gasteiger partial charge in [0, 0.05) is 30.9 Å². The van der Waals surface area contributed by atoms with Crippen LogP contribution in [0.1, 0.15) is 25.3 Å². The van der Waals surface area contributed by atoms with Crippen LogP contribution in [0.5, 0.6) is 11.5 Å². The molecule has 26 heavy (non-hydrogen) atoms. The first-order chi connectivity index (χ1) is 12.6. The standard InChI is InChI=1S/C21H24O5/c1-4-7-21-11-19(23-3)15(22)10-20(21)26-17(13(21)2)8-14-5-6-16-18(9-14)25-12-24-16/h4-6,9-10,13,17,19H,1,7-8,11-12H2,2-3H3. The highest BCUT2D eigenvalue weighted by atomic mass is 16.7. The minimum absolute atomic E-state index is 0.00928. The van der Waals surface area contributed by atoms with Gasteiger partial charge in [-0.3, -0.25) is 4.79 Å². The molecule has 0 spiro atoms. The summed E-state index contributed by atoms with van der Waals surface area (Å²) in [4.78, 5) is 12.3. The summed E-state index contributed by atoms with van der Waals surface area (Å²) in [6.07, 6.45) is 5.29. The fourth-order valence-electron chi connectivity index (χ4n) is 4.43. The molecule has 0 aromatic heterocycles. The van der Waals surface area contributed by atoms with Gasteiger partial charge in [-0.1, -0.05) is 19.1 Å². The van der Waals surface area contributed by atoms with Gasteiger partial charge < -0.3 is 18.9 Å². The molecule has 0 N–H and O–H groups in total. The molecule has 2 aliphatic heterocycles. The lowest BCUT2D eigenvalue weighted by Crippen LogP contribution is -2.40. The number of carbonyl (C=O) groups excluding carboxylic acids is 1. The second-order valence-electron chi connectivity index (χ2n) is 7.33. The summed E-state index contributed by atoms with van der Waals surface area (Å²) < 4.78 is 22.6. The Morgan fingerprint density at radius 2 is 2.15 bits per heavy atom. The summed E-state index contributed by atoms with van der Waals surface area (Å²) in [5.41, 5.74) is 0.908. The van der Waals surface area contributed by atoms with E-state index in [-0.39, 0.29) is 30.0 Å². The summed E-state index contributed by atoms with van der Waals surface area (Å²) in [7, 11) is 1.59. The van der Waals surface area contributed by atoms with Crippen LogP contribution in [0.2, 0.25) is 0 Å². The van der Waals surface area contributed by atoms with E-state index >= 15 is 0 Å². The van der Waals surface area contributed by atoms with Crippen LogP contribution in [0, 0.1) is 11.3 Å². The SMILES string of the molecule is C=CCC12CC(OC)C(=O)C=C1OC(Cc1ccc3c(c1)OCO3)C2C. The maximum absolute atomic E-state index is 12.3. The molecular weight excluding hydrogens is 332 g/mol. The maximum Gasteiger partial charge on any atom is 0.231 e. The van der Waals surface area contributed by atoms with Gasteiger partial charge in [0.2, 0.25) is 6.79 Å². The van der Waals surface area contributed by atoms with Gasteiger partial charge in [-0.05, 0) is 30.5 Å². The Labute approximate surface area is 153 Å². The first-order valence-corrected chi connectivity index (χ1v) is 9.02. The van der Waals surface area contributed by atoms with E-state index in [0.717, 1.165) is 35.7 Å². The van der Waals surface area contributed by atoms with Crippen molar-refractivity contribution < 1.29 is 23.7 Å². The molecule has 5 heteroatoms. The van der Waals surface area contributed by atoms with Gasteiger partial charge in [-0.15, -0.1) is 6.58 Å². The highest BCUT2D eigenvalue weighted by molar-refractivity contribution is 5.95. The van der Waals surface area contributed by atoms with E-state index in [0.29, 0.717) is 6.42 Å². The van der Waals surface area contributed by atoms with Crippen LogP contribution in [-0.4, -0.2) is 31.9 Å². The van der Waals surface area contributed by atoms with Crippen molar-refractivity contribution in [3.8, 4) is 11.5 Å². The van der Waals surface area contributed by atoms with Crippen molar-refractivity contribution in [2.75, 3.05) is 13.9 Å². The van der Waals surface area contributed by atoms with E-state index in [1.54, 1.807) is 13.2 Å². The summed E-state index contributed by atoms with van der Waals surface area (Å²) >= 11 is 0. The van der Waals surface area contributed by atoms with E-state index in [2.05, 4.69) is 13.5 Å². The van der Waals surface area contributed by atoms with Crippen LogP contribution >= 0.6 is 0 Å². The molecule has 4 unspecified atom stereocenters. The number of ketones is 1. The van der Waals surface area contributed by atoms with Gasteiger partial charge in [0.15, 0.2) is 17.3 Å². The second-order valence-corrected chi connectivity index (χ2v) is 7.33. The van der Waals surface area contributed by atoms with Crippen molar-refractivity contribution in [3.05, 3.63) is 48.3 Å². The van der Waals surface area contributed by atoms with E-state index in [1.807, 2.05) is 24.3 Å². The van der Waals surface area contributed by atoms with Crippen molar-refractivity contribution in [2.24, 2.45) is 11.3 Å². The Morgan fingerprint density at radius 1 is 1.35 bits per heavy atom. The molecule has 4 atom stereocenters. The van der Waals surface area contributed by atoms with Crippen LogP contribution in [0.25, 0.3) is 0 Å². The van der Waals surface area contributed by atoms with Crippen LogP contribution in [0.4, 0.5) is 0 Å². The van der Waals surface area contributed by atoms with Crippen LogP contribution in [-0.2, 0) is 20.7 Å². The fraction of sp³-hybridized carbons (Fsp3) is 0.476. The average Bonchev–Trinajstić information content (AvgIpc) is 3.19. The smallest absolute Gasteiger partial charge is 0.231 e. The Hall–Kier alpha value is -2.27. The first kappa shape index (κ1) is 17.2. The molecule has 1 aliphatic carbocycles. The third-order valence-corrected chi connectivity index (χ3v) is 6.01. The Morgan fingerprint density at radius 3 is 2.92 bits per heavy atom. The van der Waals surface area contributed by atoms with Crippen molar-refractivity contribution >= 4 is 5.78 Å². The minimum atomic E-state index is -0.408. The lowest BCUT2D eigenvalue weighted by Gasteiger charge is -2.37. The Balaban J connectivity index is 1.61. The van der Waals surface area contributed by atoms with Crippen LogP contribution < -0.4 is 9.47 Å². The molecule has 1 aromatic rings. The monoisotopic (exact) mass is 356 g/mol. The van der Waals surface area contributed by atoms with E-state index in [9.17, 15) is 4.79 Å². The second kappa shape index (κ2) is 6.47. The molecule has 0 radical (unpaired) electrons. The molecule has 4 rings (SSSR count). The summed E-state index contributed by atoms with van der Waals surface area (Å²) in [6, 6.07) is 5.99. The molecule has 0 amide bonds. The Kier molecular flexibility index (Phi) is 4.27. The van der Waals surface area contributed by atoms with Crippen molar-refractivity contribution in [2.45, 2.75) is 38.4 Å². The van der Waals surface area contributed by atoms with Crippen molar-refractivity contribution in [3.63, 3.8) is 0 Å². The third-order valence-electron chi connectivity index (χ3n) is 6.01. The van der Waals surface area contributed by atoms with Gasteiger partial charge >= 0.3 is 0 Å². The van der Waals surface area contributed by atoms with Gasteiger partial charge in [-0.2, -0.15) is 0 Å². The number of carbonyl (C=O) groups is 1. The topological polar surface area (TPSA) is 54.0 Å². The van der Waals surface area contributed by atoms with E-state index in [4.69, 9.17) is 18.9 Å². The molecule has 5 nitrogen and oxygen atoms in total. The zero-order valence-electron chi connectivity index (χ0n) is 15.2. The number of methoxy groups -OCH3 is 1. The number of hydrogen-bond acceptors (Lipinski definition) is 5. The van der Waals surface area contributed by atoms with Crippen LogP contribution in [0.3, 0.4) is 0 Å². The largest absolute Gasteiger partial charge is 0.493 e. The van der Waals surface area contributed by atoms with Gasteiger partial charge in [0.25, 0.3) is 0 Å². The van der Waals surface area contributed by atoms with Gasteiger partial charge in [0.1, 0.15) is 18.0 Å². The van der Waals surface area contributed by atoms with Gasteiger partial charge in [0.05, 0.1) is 0 Å². The van der Waals surface area contributed by atoms with E-state index < -0.39 is 6.10 Å². The summed E-state index contributed by atoms with van der Waals surface area (Å²) in [6.45, 7) is 6.39. The third kappa shape index (κ3) is 2.62. The normalized spacial score (nSPS) is 32.0. The fourth-order valence-corrected chi connectivity index (χ4v) is 4.43. The Bertz CT molecular complexity index is 768. The molecule has 0 saturated carbocycles. The van der Waals surface area contributed by atoms with Gasteiger partial charge in [-0.25, -0.2) is 0 Å². The number of hydrogen-bond donors (Lipinski definition) is 0. The predicted molar refractivity (Wildman–Crippen MR) is 96.1 cm³/mol. The minimum Gasteiger partial charge on any atom is -0.493 e. The van der Waals surface area contributed by atoms with Crippen molar-refractivity contribution in [1.29, 1.82) is 0 Å². The summed E-state index contributed by atoms with van der Waals surface area (Å²) in [5.74, 6) is 2.57. The molecular formula is C21H24O5. The predicted octanol–water partition coefficient (Wildman–Crippen LogP) is 3.43. The zero-order chi connectivity index (χ0) is 18.3. The first-order valence-electron chi connectivity index (χ1n) is 9.02. The molecule has 1 saturated heterocycles. The zero-order valence-corrected chi connectivity index (χ0v) is 15.2. The highest BCUT2D eigenvalue weighted by Gasteiger charge is 2.54. The van der Waals surface area contributed by atoms with Crippen molar-refractivity contribution in [1.82, 2.24) is 0 Å². The van der Waals surface area contributed by atoms with Crippen LogP contribution in [0.15, 0.2) is 42.7 Å². The lowest BCUT2D eigenvalue weighted by molar-refractivity contribution is -0.127. The highest BCUT2D eigenvalue weighted by Crippen LogP contribution is 2.55. The summed E-state index contributed by atoms with van der Waals surface area (Å²) in [5, 5.41) is 0. The quantitative estimate of drug-likeness (QED) is 0.757. The molecule has 0 bridgehead atoms. The molecule has 138 valence electrons. The number of rotatable bonds is 5. The number of benzene rings is 1.